The molecule has 188 valence electrons. The summed E-state index contributed by atoms with van der Waals surface area (Å²) in [6, 6.07) is 13.3. The lowest BCUT2D eigenvalue weighted by atomic mass is 10.1. The number of rotatable bonds is 6. The highest BCUT2D eigenvalue weighted by Crippen LogP contribution is 2.33. The van der Waals surface area contributed by atoms with Crippen molar-refractivity contribution >= 4 is 28.3 Å². The number of carbonyl (C=O) groups excluding carboxylic acids is 1. The number of fused-ring (bicyclic) bond motifs is 1. The number of nitrogens with one attached hydrogen (secondary N) is 1. The lowest BCUT2D eigenvalue weighted by Gasteiger charge is -2.11. The number of alkyl halides is 3. The highest BCUT2D eigenvalue weighted by atomic mass is 19.4. The number of imidazole rings is 1. The number of nitrogens with zero attached hydrogens (tertiary/aromatic N) is 7. The summed E-state index contributed by atoms with van der Waals surface area (Å²) in [4.78, 5) is 21.4. The van der Waals surface area contributed by atoms with Crippen molar-refractivity contribution in [3.63, 3.8) is 0 Å². The third kappa shape index (κ3) is 4.65. The summed E-state index contributed by atoms with van der Waals surface area (Å²) < 4.78 is 43.0. The minimum atomic E-state index is -4.63. The van der Waals surface area contributed by atoms with E-state index in [-0.39, 0.29) is 29.3 Å². The van der Waals surface area contributed by atoms with Crippen molar-refractivity contribution in [3.05, 3.63) is 71.8 Å². The molecule has 0 fully saturated rings. The van der Waals surface area contributed by atoms with Crippen LogP contribution in [0.5, 0.6) is 0 Å². The largest absolute Gasteiger partial charge is 0.435 e. The van der Waals surface area contributed by atoms with Crippen molar-refractivity contribution in [2.45, 2.75) is 33.5 Å². The molecule has 0 saturated heterocycles. The molecule has 5 rings (SSSR count). The van der Waals surface area contributed by atoms with E-state index in [4.69, 9.17) is 0 Å². The van der Waals surface area contributed by atoms with Crippen LogP contribution in [0.4, 0.5) is 24.7 Å². The first-order chi connectivity index (χ1) is 17.6. The van der Waals surface area contributed by atoms with Crippen LogP contribution in [0.15, 0.2) is 54.9 Å². The zero-order valence-electron chi connectivity index (χ0n) is 20.1. The lowest BCUT2D eigenvalue weighted by molar-refractivity contribution is -0.141. The number of halogens is 3. The first-order valence-electron chi connectivity index (χ1n) is 11.4. The van der Waals surface area contributed by atoms with Crippen LogP contribution in [-0.2, 0) is 12.7 Å². The van der Waals surface area contributed by atoms with E-state index in [0.717, 1.165) is 23.0 Å². The Morgan fingerprint density at radius 3 is 2.54 bits per heavy atom. The fraction of sp³-hybridized carbons (Fsp3) is 0.200. The Hall–Kier alpha value is -4.61. The molecule has 37 heavy (non-hydrogen) atoms. The number of hydrogen-bond acceptors (Lipinski definition) is 7. The van der Waals surface area contributed by atoms with Crippen molar-refractivity contribution in [1.82, 2.24) is 34.5 Å². The van der Waals surface area contributed by atoms with E-state index in [9.17, 15) is 18.0 Å². The molecule has 0 aliphatic carbocycles. The maximum Gasteiger partial charge on any atom is 0.435 e. The van der Waals surface area contributed by atoms with E-state index < -0.39 is 11.9 Å². The smallest absolute Gasteiger partial charge is 0.339 e. The number of aromatic nitrogens is 7. The lowest BCUT2D eigenvalue weighted by Crippen LogP contribution is -2.08. The van der Waals surface area contributed by atoms with E-state index in [0.29, 0.717) is 17.2 Å². The molecule has 0 atom stereocenters. The summed E-state index contributed by atoms with van der Waals surface area (Å²) in [5.41, 5.74) is 2.31. The third-order valence-corrected chi connectivity index (χ3v) is 5.74. The molecule has 0 spiro atoms. The fourth-order valence-corrected chi connectivity index (χ4v) is 3.94. The van der Waals surface area contributed by atoms with Crippen LogP contribution >= 0.6 is 0 Å². The molecular formula is C25H21F3N8O. The van der Waals surface area contributed by atoms with Crippen LogP contribution in [0.2, 0.25) is 0 Å². The van der Waals surface area contributed by atoms with Gasteiger partial charge in [-0.1, -0.05) is 0 Å². The third-order valence-electron chi connectivity index (χ3n) is 5.74. The van der Waals surface area contributed by atoms with Crippen LogP contribution in [0, 0.1) is 6.92 Å². The van der Waals surface area contributed by atoms with E-state index in [1.54, 1.807) is 30.0 Å². The van der Waals surface area contributed by atoms with Gasteiger partial charge in [-0.3, -0.25) is 14.0 Å². The van der Waals surface area contributed by atoms with Crippen LogP contribution in [0.1, 0.15) is 35.6 Å². The van der Waals surface area contributed by atoms with Gasteiger partial charge in [-0.2, -0.15) is 23.4 Å². The Bertz CT molecular complexity index is 1620. The zero-order chi connectivity index (χ0) is 26.3. The highest BCUT2D eigenvalue weighted by Gasteiger charge is 2.35. The average Bonchev–Trinajstić information content (AvgIpc) is 3.49. The van der Waals surface area contributed by atoms with Gasteiger partial charge < -0.3 is 5.32 Å². The van der Waals surface area contributed by atoms with Gasteiger partial charge in [-0.15, -0.1) is 5.10 Å². The zero-order valence-corrected chi connectivity index (χ0v) is 20.1. The molecule has 4 aromatic heterocycles. The first-order valence-corrected chi connectivity index (χ1v) is 11.4. The van der Waals surface area contributed by atoms with E-state index in [2.05, 4.69) is 30.6 Å². The summed E-state index contributed by atoms with van der Waals surface area (Å²) in [5, 5.41) is 15.0. The van der Waals surface area contributed by atoms with Crippen molar-refractivity contribution < 1.29 is 18.0 Å². The normalized spacial score (nSPS) is 11.7. The van der Waals surface area contributed by atoms with E-state index >= 15 is 0 Å². The van der Waals surface area contributed by atoms with Gasteiger partial charge in [0.05, 0.1) is 22.4 Å². The van der Waals surface area contributed by atoms with Crippen molar-refractivity contribution in [3.8, 4) is 17.2 Å². The maximum atomic E-state index is 13.4. The molecule has 9 nitrogen and oxygen atoms in total. The molecule has 5 aromatic rings. The van der Waals surface area contributed by atoms with E-state index in [1.807, 2.05) is 37.3 Å². The van der Waals surface area contributed by atoms with Crippen LogP contribution in [0.3, 0.4) is 0 Å². The highest BCUT2D eigenvalue weighted by molar-refractivity contribution is 5.99. The SMILES string of the molecule is CCn1nc(C(F)(F)F)cc1-c1nc(-n2cnc3cc(Nc4ccc(C)nn4)ccc32)ccc1C(C)=O. The minimum Gasteiger partial charge on any atom is -0.339 e. The monoisotopic (exact) mass is 506 g/mol. The number of aryl methyl sites for hydroxylation is 2. The average molecular weight is 506 g/mol. The van der Waals surface area contributed by atoms with Gasteiger partial charge in [-0.05, 0) is 69.3 Å². The standard InChI is InChI=1S/C25H21F3N8O/c1-4-36-20(12-21(34-36)25(26,27)28)24-17(15(3)37)7-10-23(31-24)35-13-29-18-11-16(6-8-19(18)35)30-22-9-5-14(2)32-33-22/h5-13H,4H2,1-3H3,(H,30,33). The molecule has 1 aromatic carbocycles. The number of ketones is 1. The predicted molar refractivity (Wildman–Crippen MR) is 131 cm³/mol. The number of anilines is 2. The van der Waals surface area contributed by atoms with Crippen molar-refractivity contribution in [1.29, 1.82) is 0 Å². The fourth-order valence-electron chi connectivity index (χ4n) is 3.94. The summed E-state index contributed by atoms with van der Waals surface area (Å²) in [6.07, 6.45) is -3.06. The Labute approximate surface area is 209 Å². The predicted octanol–water partition coefficient (Wildman–Crippen LogP) is 5.37. The maximum absolute atomic E-state index is 13.4. The van der Waals surface area contributed by atoms with Gasteiger partial charge in [0.25, 0.3) is 0 Å². The second-order valence-corrected chi connectivity index (χ2v) is 8.35. The number of hydrogen-bond donors (Lipinski definition) is 1. The van der Waals surface area contributed by atoms with Gasteiger partial charge in [0.15, 0.2) is 17.3 Å². The molecule has 0 bridgehead atoms. The summed E-state index contributed by atoms with van der Waals surface area (Å²) >= 11 is 0. The Morgan fingerprint density at radius 2 is 1.86 bits per heavy atom. The van der Waals surface area contributed by atoms with Crippen LogP contribution in [0.25, 0.3) is 28.2 Å². The number of benzene rings is 1. The van der Waals surface area contributed by atoms with Gasteiger partial charge in [0.1, 0.15) is 17.8 Å². The number of Topliss-reactive ketones (excluding diaryl/α,β-unsaturated/α-hetero) is 1. The molecule has 0 radical (unpaired) electrons. The molecule has 0 aliphatic heterocycles. The van der Waals surface area contributed by atoms with Gasteiger partial charge in [0.2, 0.25) is 0 Å². The van der Waals surface area contributed by atoms with Crippen LogP contribution in [-0.4, -0.2) is 40.3 Å². The minimum absolute atomic E-state index is 0.108. The second-order valence-electron chi connectivity index (χ2n) is 8.35. The topological polar surface area (TPSA) is 103 Å². The summed E-state index contributed by atoms with van der Waals surface area (Å²) in [5.74, 6) is 0.656. The first kappa shape index (κ1) is 24.1. The Morgan fingerprint density at radius 1 is 1.05 bits per heavy atom. The molecular weight excluding hydrogens is 485 g/mol. The molecule has 4 heterocycles. The van der Waals surface area contributed by atoms with E-state index in [1.165, 1.54) is 11.6 Å². The Balaban J connectivity index is 1.57. The quantitative estimate of drug-likeness (QED) is 0.309. The van der Waals surface area contributed by atoms with Gasteiger partial charge in [-0.25, -0.2) is 9.97 Å². The molecule has 0 saturated carbocycles. The summed E-state index contributed by atoms with van der Waals surface area (Å²) in [7, 11) is 0. The number of pyridine rings is 1. The van der Waals surface area contributed by atoms with Gasteiger partial charge >= 0.3 is 6.18 Å². The molecule has 12 heteroatoms. The molecule has 1 N–H and O–H groups in total. The van der Waals surface area contributed by atoms with Gasteiger partial charge in [0, 0.05) is 17.8 Å². The van der Waals surface area contributed by atoms with Crippen LogP contribution < -0.4 is 5.32 Å². The number of carbonyl (C=O) groups is 1. The van der Waals surface area contributed by atoms with Crippen molar-refractivity contribution in [2.24, 2.45) is 0 Å². The Kier molecular flexibility index (Phi) is 5.94. The summed E-state index contributed by atoms with van der Waals surface area (Å²) in [6.45, 7) is 5.04. The molecule has 0 amide bonds. The molecule has 0 unspecified atom stereocenters. The molecule has 0 aliphatic rings. The second kappa shape index (κ2) is 9.12. The van der Waals surface area contributed by atoms with Crippen molar-refractivity contribution in [2.75, 3.05) is 5.32 Å².